The number of hydrogen-bond acceptors (Lipinski definition) is 2. The standard InChI is InChI=1S/C16H16N2O/c1-19-16-9-5-2-6-13(16)10-11-18-12-17-14-7-3-4-8-15(14)18/h2-9,12H,10-11H2,1H3. The second-order valence-electron chi connectivity index (χ2n) is 4.49. The second kappa shape index (κ2) is 5.14. The predicted molar refractivity (Wildman–Crippen MR) is 76.4 cm³/mol. The van der Waals surface area contributed by atoms with Crippen LogP contribution in [-0.4, -0.2) is 16.7 Å². The lowest BCUT2D eigenvalue weighted by molar-refractivity contribution is 0.408. The lowest BCUT2D eigenvalue weighted by atomic mass is 10.1. The zero-order valence-corrected chi connectivity index (χ0v) is 10.9. The summed E-state index contributed by atoms with van der Waals surface area (Å²) in [4.78, 5) is 4.41. The molecule has 96 valence electrons. The number of aryl methyl sites for hydroxylation is 2. The number of aromatic nitrogens is 2. The van der Waals surface area contributed by atoms with Crippen LogP contribution in [0, 0.1) is 0 Å². The van der Waals surface area contributed by atoms with Crippen LogP contribution in [0.1, 0.15) is 5.56 Å². The van der Waals surface area contributed by atoms with Crippen LogP contribution in [0.2, 0.25) is 0 Å². The Morgan fingerprint density at radius 1 is 1.05 bits per heavy atom. The van der Waals surface area contributed by atoms with Crippen molar-refractivity contribution in [2.75, 3.05) is 7.11 Å². The molecule has 0 bridgehead atoms. The smallest absolute Gasteiger partial charge is 0.122 e. The summed E-state index contributed by atoms with van der Waals surface area (Å²) in [5, 5.41) is 0. The maximum atomic E-state index is 5.38. The number of ether oxygens (including phenoxy) is 1. The van der Waals surface area contributed by atoms with Crippen molar-refractivity contribution in [2.24, 2.45) is 0 Å². The summed E-state index contributed by atoms with van der Waals surface area (Å²) in [5.41, 5.74) is 3.45. The third-order valence-electron chi connectivity index (χ3n) is 3.34. The molecule has 3 heteroatoms. The first kappa shape index (κ1) is 11.8. The van der Waals surface area contributed by atoms with E-state index in [2.05, 4.69) is 21.7 Å². The Morgan fingerprint density at radius 3 is 2.74 bits per heavy atom. The molecule has 0 fully saturated rings. The van der Waals surface area contributed by atoms with E-state index in [9.17, 15) is 0 Å². The zero-order valence-electron chi connectivity index (χ0n) is 10.9. The minimum atomic E-state index is 0.904. The molecule has 0 spiro atoms. The maximum Gasteiger partial charge on any atom is 0.122 e. The van der Waals surface area contributed by atoms with E-state index in [1.807, 2.05) is 42.7 Å². The summed E-state index contributed by atoms with van der Waals surface area (Å²) in [7, 11) is 1.71. The molecule has 0 aliphatic heterocycles. The Kier molecular flexibility index (Phi) is 3.19. The molecule has 1 aromatic heterocycles. The molecular formula is C16H16N2O. The summed E-state index contributed by atoms with van der Waals surface area (Å²) < 4.78 is 7.56. The monoisotopic (exact) mass is 252 g/mol. The molecule has 0 aliphatic carbocycles. The van der Waals surface area contributed by atoms with E-state index >= 15 is 0 Å². The fraction of sp³-hybridized carbons (Fsp3) is 0.188. The number of hydrogen-bond donors (Lipinski definition) is 0. The van der Waals surface area contributed by atoms with Gasteiger partial charge in [-0.15, -0.1) is 0 Å². The number of methoxy groups -OCH3 is 1. The highest BCUT2D eigenvalue weighted by atomic mass is 16.5. The number of rotatable bonds is 4. The van der Waals surface area contributed by atoms with E-state index < -0.39 is 0 Å². The summed E-state index contributed by atoms with van der Waals surface area (Å²) >= 11 is 0. The van der Waals surface area contributed by atoms with Crippen LogP contribution >= 0.6 is 0 Å². The minimum Gasteiger partial charge on any atom is -0.496 e. The summed E-state index contributed by atoms with van der Waals surface area (Å²) in [6.45, 7) is 0.904. The van der Waals surface area contributed by atoms with Gasteiger partial charge in [-0.05, 0) is 30.2 Å². The highest BCUT2D eigenvalue weighted by Crippen LogP contribution is 2.19. The number of fused-ring (bicyclic) bond motifs is 1. The molecular weight excluding hydrogens is 236 g/mol. The maximum absolute atomic E-state index is 5.38. The lowest BCUT2D eigenvalue weighted by Gasteiger charge is -2.09. The average Bonchev–Trinajstić information content (AvgIpc) is 2.89. The third kappa shape index (κ3) is 2.32. The van der Waals surface area contributed by atoms with Gasteiger partial charge in [0.25, 0.3) is 0 Å². The summed E-state index contributed by atoms with van der Waals surface area (Å²) in [6, 6.07) is 16.3. The van der Waals surface area contributed by atoms with Crippen molar-refractivity contribution in [1.82, 2.24) is 9.55 Å². The molecule has 0 saturated carbocycles. The van der Waals surface area contributed by atoms with Gasteiger partial charge in [-0.1, -0.05) is 30.3 Å². The predicted octanol–water partition coefficient (Wildman–Crippen LogP) is 3.29. The van der Waals surface area contributed by atoms with Crippen molar-refractivity contribution in [3.8, 4) is 5.75 Å². The van der Waals surface area contributed by atoms with Gasteiger partial charge in [0.2, 0.25) is 0 Å². The van der Waals surface area contributed by atoms with Crippen LogP contribution in [-0.2, 0) is 13.0 Å². The van der Waals surface area contributed by atoms with Gasteiger partial charge in [-0.2, -0.15) is 0 Å². The molecule has 2 aromatic carbocycles. The van der Waals surface area contributed by atoms with Gasteiger partial charge >= 0.3 is 0 Å². The van der Waals surface area contributed by atoms with Crippen molar-refractivity contribution in [1.29, 1.82) is 0 Å². The third-order valence-corrected chi connectivity index (χ3v) is 3.34. The Hall–Kier alpha value is -2.29. The summed E-state index contributed by atoms with van der Waals surface area (Å²) in [6.07, 6.45) is 2.84. The lowest BCUT2D eigenvalue weighted by Crippen LogP contribution is -2.01. The molecule has 1 heterocycles. The number of para-hydroxylation sites is 3. The van der Waals surface area contributed by atoms with Crippen molar-refractivity contribution in [3.63, 3.8) is 0 Å². The number of imidazole rings is 1. The van der Waals surface area contributed by atoms with Crippen LogP contribution in [0.25, 0.3) is 11.0 Å². The van der Waals surface area contributed by atoms with Crippen LogP contribution in [0.4, 0.5) is 0 Å². The van der Waals surface area contributed by atoms with Gasteiger partial charge in [0.15, 0.2) is 0 Å². The van der Waals surface area contributed by atoms with Crippen molar-refractivity contribution in [3.05, 3.63) is 60.4 Å². The van der Waals surface area contributed by atoms with Crippen molar-refractivity contribution < 1.29 is 4.74 Å². The van der Waals surface area contributed by atoms with E-state index in [0.29, 0.717) is 0 Å². The Morgan fingerprint density at radius 2 is 1.84 bits per heavy atom. The first-order chi connectivity index (χ1) is 9.38. The largest absolute Gasteiger partial charge is 0.496 e. The topological polar surface area (TPSA) is 27.1 Å². The highest BCUT2D eigenvalue weighted by molar-refractivity contribution is 5.74. The van der Waals surface area contributed by atoms with E-state index in [-0.39, 0.29) is 0 Å². The fourth-order valence-corrected chi connectivity index (χ4v) is 2.34. The van der Waals surface area contributed by atoms with E-state index in [1.54, 1.807) is 7.11 Å². The van der Waals surface area contributed by atoms with Gasteiger partial charge in [0.1, 0.15) is 5.75 Å². The van der Waals surface area contributed by atoms with Crippen LogP contribution in [0.15, 0.2) is 54.9 Å². The van der Waals surface area contributed by atoms with E-state index in [4.69, 9.17) is 4.74 Å². The van der Waals surface area contributed by atoms with Crippen molar-refractivity contribution >= 4 is 11.0 Å². The van der Waals surface area contributed by atoms with Gasteiger partial charge in [-0.3, -0.25) is 0 Å². The van der Waals surface area contributed by atoms with Gasteiger partial charge in [0, 0.05) is 6.54 Å². The van der Waals surface area contributed by atoms with Crippen LogP contribution in [0.5, 0.6) is 5.75 Å². The molecule has 0 atom stereocenters. The van der Waals surface area contributed by atoms with E-state index in [0.717, 1.165) is 24.2 Å². The fourth-order valence-electron chi connectivity index (χ4n) is 2.34. The molecule has 0 saturated heterocycles. The molecule has 0 aliphatic rings. The SMILES string of the molecule is COc1ccccc1CCn1cnc2ccccc21. The quantitative estimate of drug-likeness (QED) is 0.712. The molecule has 0 N–H and O–H groups in total. The minimum absolute atomic E-state index is 0.904. The normalized spacial score (nSPS) is 10.8. The van der Waals surface area contributed by atoms with Gasteiger partial charge < -0.3 is 9.30 Å². The van der Waals surface area contributed by atoms with Crippen LogP contribution < -0.4 is 4.74 Å². The first-order valence-electron chi connectivity index (χ1n) is 6.40. The average molecular weight is 252 g/mol. The molecule has 0 unspecified atom stereocenters. The Balaban J connectivity index is 1.82. The first-order valence-corrected chi connectivity index (χ1v) is 6.40. The van der Waals surface area contributed by atoms with Crippen LogP contribution in [0.3, 0.4) is 0 Å². The van der Waals surface area contributed by atoms with Gasteiger partial charge in [0.05, 0.1) is 24.5 Å². The Bertz CT molecular complexity index is 688. The van der Waals surface area contributed by atoms with Gasteiger partial charge in [-0.25, -0.2) is 4.98 Å². The number of nitrogens with zero attached hydrogens (tertiary/aromatic N) is 2. The van der Waals surface area contributed by atoms with E-state index in [1.165, 1.54) is 11.1 Å². The van der Waals surface area contributed by atoms with Crippen molar-refractivity contribution in [2.45, 2.75) is 13.0 Å². The molecule has 3 nitrogen and oxygen atoms in total. The molecule has 3 aromatic rings. The number of benzene rings is 2. The molecule has 19 heavy (non-hydrogen) atoms. The summed E-state index contributed by atoms with van der Waals surface area (Å²) in [5.74, 6) is 0.951. The molecule has 0 radical (unpaired) electrons. The highest BCUT2D eigenvalue weighted by Gasteiger charge is 2.04. The molecule has 3 rings (SSSR count). The second-order valence-corrected chi connectivity index (χ2v) is 4.49. The Labute approximate surface area is 112 Å². The zero-order chi connectivity index (χ0) is 13.1. The molecule has 0 amide bonds.